The first-order chi connectivity index (χ1) is 20.2. The van der Waals surface area contributed by atoms with E-state index in [0.717, 1.165) is 31.2 Å². The number of hydrogen-bond donors (Lipinski definition) is 2. The molecule has 1 aromatic rings. The zero-order valence-electron chi connectivity index (χ0n) is 25.1. The van der Waals surface area contributed by atoms with Crippen LogP contribution in [0.5, 0.6) is 5.75 Å². The number of morpholine rings is 1. The average Bonchev–Trinajstić information content (AvgIpc) is 3.75. The Hall–Kier alpha value is -3.08. The minimum atomic E-state index is -0.881. The van der Waals surface area contributed by atoms with Crippen LogP contribution in [0.4, 0.5) is 0 Å². The maximum Gasteiger partial charge on any atom is 0.234 e. The molecule has 2 heterocycles. The number of hydrogen-bond acceptors (Lipinski definition) is 8. The molecule has 42 heavy (non-hydrogen) atoms. The van der Waals surface area contributed by atoms with E-state index in [1.807, 2.05) is 29.2 Å². The molecular weight excluding hydrogens is 538 g/mol. The molecule has 2 amide bonds. The van der Waals surface area contributed by atoms with E-state index in [1.165, 1.54) is 5.57 Å². The van der Waals surface area contributed by atoms with Gasteiger partial charge in [-0.15, -0.1) is 0 Å². The third-order valence-corrected chi connectivity index (χ3v) is 8.37. The van der Waals surface area contributed by atoms with E-state index in [-0.39, 0.29) is 36.3 Å². The standard InChI is InChI=1S/C32H45N3O7/c1-22(33-29(37)20-35-13-15-41-16-14-35)28(36)19-25(17-24-9-11-26(40-3)12-10-24)31(39)34-27(30(38)32(2)21-42-32)18-23-7-5-4-6-8-23/h7,9-12,22,25,27H,4-6,8,13-21H2,1-3H3,(H,33,37)(H,34,39)/t22-,25+,27-,32+/m0/s1. The molecule has 1 aromatic carbocycles. The first kappa shape index (κ1) is 31.8. The van der Waals surface area contributed by atoms with Crippen LogP contribution in [0.1, 0.15) is 57.9 Å². The van der Waals surface area contributed by atoms with Gasteiger partial charge in [-0.05, 0) is 70.1 Å². The Labute approximate surface area is 248 Å². The number of rotatable bonds is 15. The first-order valence-corrected chi connectivity index (χ1v) is 15.1. The molecule has 0 bridgehead atoms. The zero-order chi connectivity index (χ0) is 30.1. The fraction of sp³-hybridized carbons (Fsp3) is 0.625. The van der Waals surface area contributed by atoms with Gasteiger partial charge >= 0.3 is 0 Å². The zero-order valence-corrected chi connectivity index (χ0v) is 25.1. The molecule has 4 rings (SSSR count). The number of carbonyl (C=O) groups is 4. The highest BCUT2D eigenvalue weighted by Gasteiger charge is 2.50. The van der Waals surface area contributed by atoms with Gasteiger partial charge in [0.25, 0.3) is 0 Å². The molecule has 2 aliphatic heterocycles. The number of Topliss-reactive ketones (excluding diaryl/α,β-unsaturated/α-hetero) is 2. The molecule has 2 fully saturated rings. The smallest absolute Gasteiger partial charge is 0.234 e. The van der Waals surface area contributed by atoms with Crippen LogP contribution in [0.15, 0.2) is 35.9 Å². The van der Waals surface area contributed by atoms with Gasteiger partial charge in [-0.25, -0.2) is 0 Å². The Kier molecular flexibility index (Phi) is 11.3. The third kappa shape index (κ3) is 9.21. The summed E-state index contributed by atoms with van der Waals surface area (Å²) in [5.74, 6) is -1.01. The molecular formula is C32H45N3O7. The van der Waals surface area contributed by atoms with Crippen molar-refractivity contribution in [2.45, 2.75) is 76.5 Å². The SMILES string of the molecule is COc1ccc(C[C@H](CC(=O)[C@H](C)NC(=O)CN2CCOCC2)C(=O)N[C@@H](CC2=CCCCC2)C(=O)[C@@]2(C)CO2)cc1. The van der Waals surface area contributed by atoms with Crippen molar-refractivity contribution in [1.82, 2.24) is 15.5 Å². The monoisotopic (exact) mass is 583 g/mol. The molecule has 0 unspecified atom stereocenters. The van der Waals surface area contributed by atoms with Crippen molar-refractivity contribution in [2.75, 3.05) is 46.6 Å². The second-order valence-corrected chi connectivity index (χ2v) is 11.9. The Balaban J connectivity index is 1.45. The Morgan fingerprint density at radius 1 is 1.05 bits per heavy atom. The fourth-order valence-electron chi connectivity index (χ4n) is 5.52. The van der Waals surface area contributed by atoms with Crippen molar-refractivity contribution in [3.05, 3.63) is 41.5 Å². The lowest BCUT2D eigenvalue weighted by molar-refractivity contribution is -0.134. The predicted molar refractivity (Wildman–Crippen MR) is 157 cm³/mol. The summed E-state index contributed by atoms with van der Waals surface area (Å²) in [6.45, 7) is 6.43. The average molecular weight is 584 g/mol. The van der Waals surface area contributed by atoms with Crippen molar-refractivity contribution in [3.8, 4) is 5.75 Å². The summed E-state index contributed by atoms with van der Waals surface area (Å²) in [5.41, 5.74) is 1.15. The lowest BCUT2D eigenvalue weighted by Gasteiger charge is -2.27. The van der Waals surface area contributed by atoms with Gasteiger partial charge in [-0.3, -0.25) is 24.1 Å². The highest BCUT2D eigenvalue weighted by Crippen LogP contribution is 2.31. The van der Waals surface area contributed by atoms with Gasteiger partial charge in [0, 0.05) is 25.4 Å². The number of benzene rings is 1. The largest absolute Gasteiger partial charge is 0.497 e. The number of amides is 2. The number of nitrogens with zero attached hydrogens (tertiary/aromatic N) is 1. The van der Waals surface area contributed by atoms with E-state index in [1.54, 1.807) is 21.0 Å². The number of allylic oxidation sites excluding steroid dienone is 1. The number of ketones is 2. The van der Waals surface area contributed by atoms with Crippen LogP contribution in [-0.2, 0) is 35.1 Å². The minimum absolute atomic E-state index is 0.0752. The number of nitrogens with one attached hydrogen (secondary N) is 2. The summed E-state index contributed by atoms with van der Waals surface area (Å²) >= 11 is 0. The number of ether oxygens (including phenoxy) is 3. The molecule has 10 heteroatoms. The van der Waals surface area contributed by atoms with Crippen LogP contribution in [-0.4, -0.2) is 92.5 Å². The van der Waals surface area contributed by atoms with E-state index < -0.39 is 23.6 Å². The lowest BCUT2D eigenvalue weighted by atomic mass is 9.88. The maximum atomic E-state index is 13.8. The molecule has 2 N–H and O–H groups in total. The molecule has 230 valence electrons. The second-order valence-electron chi connectivity index (χ2n) is 11.9. The first-order valence-electron chi connectivity index (χ1n) is 15.1. The molecule has 0 aromatic heterocycles. The van der Waals surface area contributed by atoms with Crippen LogP contribution < -0.4 is 15.4 Å². The molecule has 10 nitrogen and oxygen atoms in total. The van der Waals surface area contributed by atoms with Crippen molar-refractivity contribution in [2.24, 2.45) is 5.92 Å². The summed E-state index contributed by atoms with van der Waals surface area (Å²) in [6, 6.07) is 5.88. The topological polar surface area (TPSA) is 127 Å². The van der Waals surface area contributed by atoms with E-state index >= 15 is 0 Å². The Morgan fingerprint density at radius 3 is 2.38 bits per heavy atom. The predicted octanol–water partition coefficient (Wildman–Crippen LogP) is 2.38. The van der Waals surface area contributed by atoms with Gasteiger partial charge in [0.2, 0.25) is 11.8 Å². The van der Waals surface area contributed by atoms with Crippen LogP contribution in [0.25, 0.3) is 0 Å². The number of carbonyl (C=O) groups excluding carboxylic acids is 4. The molecule has 2 saturated heterocycles. The third-order valence-electron chi connectivity index (χ3n) is 8.37. The molecule has 1 aliphatic carbocycles. The van der Waals surface area contributed by atoms with Crippen molar-refractivity contribution >= 4 is 23.4 Å². The highest BCUT2D eigenvalue weighted by molar-refractivity contribution is 5.98. The summed E-state index contributed by atoms with van der Waals surface area (Å²) < 4.78 is 16.0. The normalized spacial score (nSPS) is 22.7. The van der Waals surface area contributed by atoms with Crippen LogP contribution in [0.2, 0.25) is 0 Å². The van der Waals surface area contributed by atoms with Gasteiger partial charge in [-0.1, -0.05) is 23.8 Å². The minimum Gasteiger partial charge on any atom is -0.497 e. The van der Waals surface area contributed by atoms with Crippen molar-refractivity contribution in [3.63, 3.8) is 0 Å². The summed E-state index contributed by atoms with van der Waals surface area (Å²) in [7, 11) is 1.58. The fourth-order valence-corrected chi connectivity index (χ4v) is 5.52. The summed E-state index contributed by atoms with van der Waals surface area (Å²) in [6.07, 6.45) is 6.92. The van der Waals surface area contributed by atoms with E-state index in [2.05, 4.69) is 16.7 Å². The van der Waals surface area contributed by atoms with Crippen molar-refractivity contribution in [1.29, 1.82) is 0 Å². The molecule has 3 aliphatic rings. The molecule has 4 atom stereocenters. The van der Waals surface area contributed by atoms with E-state index in [0.29, 0.717) is 51.5 Å². The van der Waals surface area contributed by atoms with Gasteiger partial charge in [0.05, 0.1) is 45.6 Å². The Morgan fingerprint density at radius 2 is 1.76 bits per heavy atom. The summed E-state index contributed by atoms with van der Waals surface area (Å²) in [5, 5.41) is 5.79. The van der Waals surface area contributed by atoms with Gasteiger partial charge in [0.15, 0.2) is 11.6 Å². The number of epoxide rings is 1. The van der Waals surface area contributed by atoms with E-state index in [4.69, 9.17) is 14.2 Å². The van der Waals surface area contributed by atoms with E-state index in [9.17, 15) is 19.2 Å². The Bertz CT molecular complexity index is 1140. The highest BCUT2D eigenvalue weighted by atomic mass is 16.6. The number of methoxy groups -OCH3 is 1. The second kappa shape index (κ2) is 14.9. The quantitative estimate of drug-likeness (QED) is 0.238. The molecule has 0 saturated carbocycles. The van der Waals surface area contributed by atoms with Gasteiger partial charge in [0.1, 0.15) is 11.4 Å². The molecule has 0 radical (unpaired) electrons. The van der Waals surface area contributed by atoms with Gasteiger partial charge < -0.3 is 24.8 Å². The van der Waals surface area contributed by atoms with Crippen molar-refractivity contribution < 1.29 is 33.4 Å². The van der Waals surface area contributed by atoms with Crippen LogP contribution >= 0.6 is 0 Å². The van der Waals surface area contributed by atoms with Crippen LogP contribution in [0.3, 0.4) is 0 Å². The summed E-state index contributed by atoms with van der Waals surface area (Å²) in [4.78, 5) is 55.1. The van der Waals surface area contributed by atoms with Crippen LogP contribution in [0, 0.1) is 5.92 Å². The molecule has 0 spiro atoms. The lowest BCUT2D eigenvalue weighted by Crippen LogP contribution is -2.50. The maximum absolute atomic E-state index is 13.8. The van der Waals surface area contributed by atoms with Gasteiger partial charge in [-0.2, -0.15) is 0 Å².